The van der Waals surface area contributed by atoms with Crippen molar-refractivity contribution in [2.75, 3.05) is 6.61 Å². The van der Waals surface area contributed by atoms with Gasteiger partial charge in [-0.2, -0.15) is 0 Å². The van der Waals surface area contributed by atoms with Crippen LogP contribution in [0.1, 0.15) is 36.3 Å². The summed E-state index contributed by atoms with van der Waals surface area (Å²) in [6.45, 7) is 7.78. The van der Waals surface area contributed by atoms with E-state index in [-0.39, 0.29) is 0 Å². The average molecular weight is 199 g/mol. The van der Waals surface area contributed by atoms with Gasteiger partial charge in [0.1, 0.15) is 0 Å². The van der Waals surface area contributed by atoms with Gasteiger partial charge in [-0.15, -0.1) is 11.3 Å². The van der Waals surface area contributed by atoms with Gasteiger partial charge in [-0.25, -0.2) is 4.98 Å². The molecule has 3 heteroatoms. The molecule has 13 heavy (non-hydrogen) atoms. The molecule has 1 aromatic rings. The van der Waals surface area contributed by atoms with E-state index in [4.69, 9.17) is 4.74 Å². The van der Waals surface area contributed by atoms with Gasteiger partial charge < -0.3 is 4.74 Å². The van der Waals surface area contributed by atoms with E-state index < -0.39 is 0 Å². The summed E-state index contributed by atoms with van der Waals surface area (Å²) in [5.41, 5.74) is 1.28. The number of rotatable bonds is 1. The van der Waals surface area contributed by atoms with Gasteiger partial charge in [-0.1, -0.05) is 20.8 Å². The molecule has 0 aliphatic carbocycles. The zero-order chi connectivity index (χ0) is 9.68. The summed E-state index contributed by atoms with van der Waals surface area (Å²) in [6, 6.07) is 0. The first-order chi connectivity index (χ1) is 6.40. The van der Waals surface area contributed by atoms with Gasteiger partial charge in [0, 0.05) is 6.42 Å². The summed E-state index contributed by atoms with van der Waals surface area (Å²) >= 11 is 1.80. The maximum atomic E-state index is 5.32. The average Bonchev–Trinajstić information content (AvgIpc) is 2.63. The van der Waals surface area contributed by atoms with E-state index in [0.29, 0.717) is 0 Å². The molecule has 0 saturated carbocycles. The fourth-order valence-electron chi connectivity index (χ4n) is 1.23. The summed E-state index contributed by atoms with van der Waals surface area (Å²) in [5.74, 6) is 0. The molecular formula is C10H17NOS. The first-order valence-corrected chi connectivity index (χ1v) is 5.77. The number of nitrogens with zero attached hydrogens (tertiary/aromatic N) is 1. The van der Waals surface area contributed by atoms with Crippen molar-refractivity contribution >= 4 is 11.3 Å². The Labute approximate surface area is 84.0 Å². The third-order valence-corrected chi connectivity index (χ3v) is 3.06. The van der Waals surface area contributed by atoms with Crippen LogP contribution >= 0.6 is 11.3 Å². The van der Waals surface area contributed by atoms with E-state index in [1.54, 1.807) is 11.3 Å². The SMILES string of the molecule is CC.CCc1nc2c(s1)COCC2. The topological polar surface area (TPSA) is 22.1 Å². The predicted molar refractivity (Wildman–Crippen MR) is 56.2 cm³/mol. The van der Waals surface area contributed by atoms with E-state index in [9.17, 15) is 0 Å². The molecular weight excluding hydrogens is 182 g/mol. The van der Waals surface area contributed by atoms with Crippen molar-refractivity contribution in [2.45, 2.75) is 40.2 Å². The molecule has 2 nitrogen and oxygen atoms in total. The van der Waals surface area contributed by atoms with Crippen LogP contribution in [0.15, 0.2) is 0 Å². The Morgan fingerprint density at radius 3 is 2.85 bits per heavy atom. The van der Waals surface area contributed by atoms with Crippen LogP contribution in [-0.4, -0.2) is 11.6 Å². The highest BCUT2D eigenvalue weighted by Gasteiger charge is 2.13. The second-order valence-electron chi connectivity index (χ2n) is 2.63. The highest BCUT2D eigenvalue weighted by atomic mass is 32.1. The van der Waals surface area contributed by atoms with E-state index in [0.717, 1.165) is 26.1 Å². The Bertz CT molecular complexity index is 234. The quantitative estimate of drug-likeness (QED) is 0.694. The molecule has 0 spiro atoms. The van der Waals surface area contributed by atoms with E-state index in [2.05, 4.69) is 11.9 Å². The lowest BCUT2D eigenvalue weighted by Crippen LogP contribution is -2.07. The van der Waals surface area contributed by atoms with Gasteiger partial charge in [0.25, 0.3) is 0 Å². The lowest BCUT2D eigenvalue weighted by molar-refractivity contribution is 0.112. The zero-order valence-electron chi connectivity index (χ0n) is 8.59. The minimum Gasteiger partial charge on any atom is -0.375 e. The standard InChI is InChI=1S/C8H11NOS.C2H6/c1-2-8-9-6-3-4-10-5-7(6)11-8;1-2/h2-5H2,1H3;1-2H3. The van der Waals surface area contributed by atoms with Crippen LogP contribution in [0.25, 0.3) is 0 Å². The molecule has 1 aliphatic heterocycles. The van der Waals surface area contributed by atoms with Crippen LogP contribution in [0.3, 0.4) is 0 Å². The molecule has 1 aromatic heterocycles. The fraction of sp³-hybridized carbons (Fsp3) is 0.700. The largest absolute Gasteiger partial charge is 0.375 e. The van der Waals surface area contributed by atoms with Gasteiger partial charge >= 0.3 is 0 Å². The number of aryl methyl sites for hydroxylation is 1. The summed E-state index contributed by atoms with van der Waals surface area (Å²) in [7, 11) is 0. The summed E-state index contributed by atoms with van der Waals surface area (Å²) < 4.78 is 5.32. The molecule has 0 fully saturated rings. The molecule has 0 aromatic carbocycles. The second kappa shape index (κ2) is 5.35. The summed E-state index contributed by atoms with van der Waals surface area (Å²) in [6.07, 6.45) is 2.06. The van der Waals surface area contributed by atoms with Crippen LogP contribution in [0.2, 0.25) is 0 Å². The first kappa shape index (κ1) is 10.7. The third-order valence-electron chi connectivity index (χ3n) is 1.84. The highest BCUT2D eigenvalue weighted by molar-refractivity contribution is 7.11. The molecule has 2 rings (SSSR count). The van der Waals surface area contributed by atoms with E-state index in [1.807, 2.05) is 13.8 Å². The van der Waals surface area contributed by atoms with E-state index in [1.165, 1.54) is 15.6 Å². The Morgan fingerprint density at radius 1 is 1.46 bits per heavy atom. The fourth-order valence-corrected chi connectivity index (χ4v) is 2.22. The van der Waals surface area contributed by atoms with Gasteiger partial charge in [-0.05, 0) is 6.42 Å². The molecule has 0 radical (unpaired) electrons. The van der Waals surface area contributed by atoms with Crippen molar-refractivity contribution in [3.05, 3.63) is 15.6 Å². The van der Waals surface area contributed by atoms with Crippen molar-refractivity contribution in [3.8, 4) is 0 Å². The van der Waals surface area contributed by atoms with Gasteiger partial charge in [0.2, 0.25) is 0 Å². The Balaban J connectivity index is 0.000000396. The Morgan fingerprint density at radius 2 is 2.23 bits per heavy atom. The number of hydrogen-bond donors (Lipinski definition) is 0. The molecule has 0 N–H and O–H groups in total. The minimum absolute atomic E-state index is 0.785. The number of fused-ring (bicyclic) bond motifs is 1. The molecule has 2 heterocycles. The third kappa shape index (κ3) is 2.51. The maximum absolute atomic E-state index is 5.32. The second-order valence-corrected chi connectivity index (χ2v) is 3.80. The molecule has 0 amide bonds. The number of thiazole rings is 1. The smallest absolute Gasteiger partial charge is 0.0929 e. The molecule has 1 aliphatic rings. The highest BCUT2D eigenvalue weighted by Crippen LogP contribution is 2.23. The zero-order valence-corrected chi connectivity index (χ0v) is 9.41. The molecule has 0 unspecified atom stereocenters. The van der Waals surface area contributed by atoms with Crippen LogP contribution in [0, 0.1) is 0 Å². The van der Waals surface area contributed by atoms with Gasteiger partial charge in [0.15, 0.2) is 0 Å². The summed E-state index contributed by atoms with van der Waals surface area (Å²) in [5, 5.41) is 1.25. The van der Waals surface area contributed by atoms with Crippen molar-refractivity contribution in [1.82, 2.24) is 4.98 Å². The van der Waals surface area contributed by atoms with Crippen molar-refractivity contribution < 1.29 is 4.74 Å². The summed E-state index contributed by atoms with van der Waals surface area (Å²) in [4.78, 5) is 5.85. The van der Waals surface area contributed by atoms with Crippen LogP contribution in [-0.2, 0) is 24.2 Å². The number of aromatic nitrogens is 1. The first-order valence-electron chi connectivity index (χ1n) is 4.95. The number of ether oxygens (including phenoxy) is 1. The van der Waals surface area contributed by atoms with Crippen molar-refractivity contribution in [3.63, 3.8) is 0 Å². The molecule has 74 valence electrons. The normalized spacial score (nSPS) is 14.4. The lowest BCUT2D eigenvalue weighted by Gasteiger charge is -2.08. The molecule has 0 atom stereocenters. The van der Waals surface area contributed by atoms with Crippen LogP contribution in [0.4, 0.5) is 0 Å². The predicted octanol–water partition coefficient (Wildman–Crippen LogP) is 2.80. The van der Waals surface area contributed by atoms with Gasteiger partial charge in [-0.3, -0.25) is 0 Å². The van der Waals surface area contributed by atoms with Crippen molar-refractivity contribution in [1.29, 1.82) is 0 Å². The number of hydrogen-bond acceptors (Lipinski definition) is 3. The monoisotopic (exact) mass is 199 g/mol. The molecule has 0 bridgehead atoms. The lowest BCUT2D eigenvalue weighted by atomic mass is 10.2. The Kier molecular flexibility index (Phi) is 4.39. The van der Waals surface area contributed by atoms with Crippen LogP contribution in [0.5, 0.6) is 0 Å². The minimum atomic E-state index is 0.785. The Hall–Kier alpha value is -0.410. The van der Waals surface area contributed by atoms with Crippen molar-refractivity contribution in [2.24, 2.45) is 0 Å². The van der Waals surface area contributed by atoms with Gasteiger partial charge in [0.05, 0.1) is 28.8 Å². The van der Waals surface area contributed by atoms with E-state index >= 15 is 0 Å². The van der Waals surface area contributed by atoms with Crippen LogP contribution < -0.4 is 0 Å². The maximum Gasteiger partial charge on any atom is 0.0929 e. The molecule has 0 saturated heterocycles.